The summed E-state index contributed by atoms with van der Waals surface area (Å²) in [6.07, 6.45) is 1.22. The van der Waals surface area contributed by atoms with E-state index in [1.165, 1.54) is 35.1 Å². The first kappa shape index (κ1) is 35.5. The summed E-state index contributed by atoms with van der Waals surface area (Å²) < 4.78 is 55.5. The predicted octanol–water partition coefficient (Wildman–Crippen LogP) is 3.29. The Kier molecular flexibility index (Phi) is 11.6. The van der Waals surface area contributed by atoms with Crippen LogP contribution in [0.2, 0.25) is 0 Å². The number of carbonyl (C=O) groups excluding carboxylic acids is 1. The topological polar surface area (TPSA) is 206 Å². The zero-order chi connectivity index (χ0) is 35.0. The molecular weight excluding hydrogens is 682 g/mol. The van der Waals surface area contributed by atoms with Crippen LogP contribution in [-0.4, -0.2) is 70.2 Å². The molecule has 14 nitrogen and oxygen atoms in total. The number of sulfonamides is 1. The minimum atomic E-state index is -3.95. The number of nitrogens with zero attached hydrogens (tertiary/aromatic N) is 4. The number of rotatable bonds is 18. The average molecular weight is 714 g/mol. The second-order valence-electron chi connectivity index (χ2n) is 10.9. The van der Waals surface area contributed by atoms with Gasteiger partial charge in [-0.15, -0.1) is 16.4 Å². The maximum absolute atomic E-state index is 13.7. The van der Waals surface area contributed by atoms with Gasteiger partial charge in [-0.3, -0.25) is 9.59 Å². The molecule has 0 saturated carbocycles. The molecule has 0 amide bonds. The Hall–Kier alpha value is -4.81. The zero-order valence-electron chi connectivity index (χ0n) is 25.8. The van der Waals surface area contributed by atoms with E-state index in [2.05, 4.69) is 15.3 Å². The van der Waals surface area contributed by atoms with Crippen molar-refractivity contribution in [3.05, 3.63) is 95.6 Å². The number of thiazole rings is 1. The molecule has 0 aliphatic heterocycles. The van der Waals surface area contributed by atoms with Crippen LogP contribution in [0.1, 0.15) is 29.3 Å². The third-order valence-corrected chi connectivity index (χ3v) is 9.54. The number of carboxylic acids is 1. The first-order valence-corrected chi connectivity index (χ1v) is 17.2. The largest absolute Gasteiger partial charge is 0.491 e. The van der Waals surface area contributed by atoms with Crippen LogP contribution in [0.5, 0.6) is 11.5 Å². The van der Waals surface area contributed by atoms with Crippen molar-refractivity contribution < 1.29 is 46.8 Å². The molecule has 49 heavy (non-hydrogen) atoms. The molecule has 5 rings (SSSR count). The number of Topliss-reactive ketones (excluding diaryl/α,β-unsaturated/α-hetero) is 1. The SMILES string of the molecule is NS(=O)(=O)c1nc2ccc(OCc3cn([C@@H](Cc4ccc(F)cc4)C(=O)C[C@@H](COCc4cccc(OCCO)c4)C(=O)O)nn3)cc2s1. The number of hydrogen-bond donors (Lipinski definition) is 3. The first-order chi connectivity index (χ1) is 23.5. The summed E-state index contributed by atoms with van der Waals surface area (Å²) in [5, 5.41) is 32.3. The van der Waals surface area contributed by atoms with E-state index in [1.807, 2.05) is 0 Å². The van der Waals surface area contributed by atoms with Gasteiger partial charge in [-0.1, -0.05) is 29.5 Å². The van der Waals surface area contributed by atoms with E-state index in [4.69, 9.17) is 24.5 Å². The number of ether oxygens (including phenoxy) is 3. The molecule has 0 fully saturated rings. The van der Waals surface area contributed by atoms with Crippen LogP contribution in [0, 0.1) is 11.7 Å². The Bertz CT molecular complexity index is 2020. The number of halogens is 1. The van der Waals surface area contributed by atoms with Crippen molar-refractivity contribution >= 4 is 43.3 Å². The fraction of sp³-hybridized carbons (Fsp3) is 0.281. The van der Waals surface area contributed by atoms with Crippen LogP contribution in [0.15, 0.2) is 77.3 Å². The molecular formula is C32H32FN5O9S2. The van der Waals surface area contributed by atoms with Crippen LogP contribution in [-0.2, 0) is 44.0 Å². The number of carboxylic acid groups (broad SMARTS) is 1. The maximum atomic E-state index is 13.7. The van der Waals surface area contributed by atoms with Crippen LogP contribution >= 0.6 is 11.3 Å². The molecule has 3 aromatic carbocycles. The molecule has 0 spiro atoms. The third kappa shape index (κ3) is 9.86. The number of aliphatic carboxylic acids is 1. The molecule has 258 valence electrons. The summed E-state index contributed by atoms with van der Waals surface area (Å²) in [5.41, 5.74) is 2.14. The summed E-state index contributed by atoms with van der Waals surface area (Å²) in [6, 6.07) is 16.4. The monoisotopic (exact) mass is 713 g/mol. The van der Waals surface area contributed by atoms with Gasteiger partial charge >= 0.3 is 5.97 Å². The molecule has 0 aliphatic rings. The van der Waals surface area contributed by atoms with Crippen molar-refractivity contribution in [1.29, 1.82) is 0 Å². The smallest absolute Gasteiger partial charge is 0.309 e. The van der Waals surface area contributed by atoms with Crippen molar-refractivity contribution in [3.63, 3.8) is 0 Å². The number of nitrogens with two attached hydrogens (primary N) is 1. The lowest BCUT2D eigenvalue weighted by Crippen LogP contribution is -2.29. The van der Waals surface area contributed by atoms with Gasteiger partial charge in [0.25, 0.3) is 10.0 Å². The van der Waals surface area contributed by atoms with Gasteiger partial charge in [0, 0.05) is 12.8 Å². The van der Waals surface area contributed by atoms with Gasteiger partial charge < -0.3 is 24.4 Å². The van der Waals surface area contributed by atoms with Crippen molar-refractivity contribution in [2.24, 2.45) is 11.1 Å². The van der Waals surface area contributed by atoms with Crippen LogP contribution < -0.4 is 14.6 Å². The predicted molar refractivity (Wildman–Crippen MR) is 174 cm³/mol. The number of aliphatic hydroxyl groups is 1. The molecule has 2 heterocycles. The van der Waals surface area contributed by atoms with Gasteiger partial charge in [-0.05, 0) is 53.6 Å². The van der Waals surface area contributed by atoms with Crippen LogP contribution in [0.3, 0.4) is 0 Å². The van der Waals surface area contributed by atoms with E-state index in [9.17, 15) is 27.5 Å². The number of carbonyl (C=O) groups is 2. The summed E-state index contributed by atoms with van der Waals surface area (Å²) in [7, 11) is -3.95. The summed E-state index contributed by atoms with van der Waals surface area (Å²) >= 11 is 0.906. The Balaban J connectivity index is 1.26. The highest BCUT2D eigenvalue weighted by Crippen LogP contribution is 2.29. The molecule has 0 bridgehead atoms. The van der Waals surface area contributed by atoms with Gasteiger partial charge in [0.2, 0.25) is 4.34 Å². The highest BCUT2D eigenvalue weighted by Gasteiger charge is 2.29. The Labute approximate surface area is 283 Å². The zero-order valence-corrected chi connectivity index (χ0v) is 27.5. The number of hydrogen-bond acceptors (Lipinski definition) is 12. The standard InChI is InChI=1S/C32H32FN5O9S2/c33-23-6-4-20(5-7-23)13-28(29(40)14-22(31(41)42)18-45-17-21-2-1-3-25(12-21)46-11-10-39)38-16-24(36-37-38)19-47-26-8-9-27-30(15-26)48-32(35-27)49(34,43)44/h1-9,12,15-16,22,28,39H,10-11,13-14,17-19H2,(H,41,42)(H2,34,43,44)/t22-,28-/m0/s1. The fourth-order valence-electron chi connectivity index (χ4n) is 4.79. The number of aliphatic hydroxyl groups excluding tert-OH is 1. The lowest BCUT2D eigenvalue weighted by molar-refractivity contribution is -0.146. The second kappa shape index (κ2) is 16.1. The average Bonchev–Trinajstić information content (AvgIpc) is 3.73. The summed E-state index contributed by atoms with van der Waals surface area (Å²) in [4.78, 5) is 29.9. The molecule has 0 radical (unpaired) electrons. The van der Waals surface area contributed by atoms with Crippen LogP contribution in [0.25, 0.3) is 10.2 Å². The van der Waals surface area contributed by atoms with E-state index >= 15 is 0 Å². The third-order valence-electron chi connectivity index (χ3n) is 7.20. The van der Waals surface area contributed by atoms with E-state index in [0.29, 0.717) is 33.0 Å². The van der Waals surface area contributed by atoms with Crippen molar-refractivity contribution in [3.8, 4) is 11.5 Å². The molecule has 2 aromatic heterocycles. The molecule has 4 N–H and O–H groups in total. The Morgan fingerprint density at radius 3 is 2.51 bits per heavy atom. The highest BCUT2D eigenvalue weighted by molar-refractivity contribution is 7.91. The molecule has 2 atom stereocenters. The molecule has 0 aliphatic carbocycles. The Morgan fingerprint density at radius 1 is 1.00 bits per heavy atom. The van der Waals surface area contributed by atoms with E-state index < -0.39 is 39.6 Å². The number of benzene rings is 3. The van der Waals surface area contributed by atoms with Gasteiger partial charge in [0.1, 0.15) is 42.3 Å². The lowest BCUT2D eigenvalue weighted by atomic mass is 9.95. The maximum Gasteiger partial charge on any atom is 0.309 e. The first-order valence-electron chi connectivity index (χ1n) is 14.9. The number of fused-ring (bicyclic) bond motifs is 1. The van der Waals surface area contributed by atoms with Crippen molar-refractivity contribution in [2.45, 2.75) is 36.4 Å². The van der Waals surface area contributed by atoms with Crippen molar-refractivity contribution in [1.82, 2.24) is 20.0 Å². The van der Waals surface area contributed by atoms with E-state index in [0.717, 1.165) is 16.9 Å². The van der Waals surface area contributed by atoms with Gasteiger partial charge in [-0.25, -0.2) is 27.6 Å². The second-order valence-corrected chi connectivity index (χ2v) is 13.7. The molecule has 0 saturated heterocycles. The van der Waals surface area contributed by atoms with E-state index in [-0.39, 0.29) is 50.2 Å². The normalized spacial score (nSPS) is 12.9. The number of aromatic nitrogens is 4. The lowest BCUT2D eigenvalue weighted by Gasteiger charge is -2.19. The highest BCUT2D eigenvalue weighted by atomic mass is 32.2. The van der Waals surface area contributed by atoms with Crippen LogP contribution in [0.4, 0.5) is 4.39 Å². The molecule has 0 unspecified atom stereocenters. The van der Waals surface area contributed by atoms with E-state index in [1.54, 1.807) is 42.5 Å². The fourth-order valence-corrected chi connectivity index (χ4v) is 6.47. The Morgan fingerprint density at radius 2 is 1.78 bits per heavy atom. The van der Waals surface area contributed by atoms with Gasteiger partial charge in [0.15, 0.2) is 5.78 Å². The molecule has 5 aromatic rings. The number of ketones is 1. The van der Waals surface area contributed by atoms with Gasteiger partial charge in [0.05, 0.1) is 42.2 Å². The summed E-state index contributed by atoms with van der Waals surface area (Å²) in [5.74, 6) is -2.34. The number of primary sulfonamides is 1. The minimum absolute atomic E-state index is 0.0539. The molecule has 17 heteroatoms. The quantitative estimate of drug-likeness (QED) is 0.120. The van der Waals surface area contributed by atoms with Crippen molar-refractivity contribution in [2.75, 3.05) is 19.8 Å². The minimum Gasteiger partial charge on any atom is -0.491 e. The van der Waals surface area contributed by atoms with Gasteiger partial charge in [-0.2, -0.15) is 0 Å². The summed E-state index contributed by atoms with van der Waals surface area (Å²) in [6.45, 7) is -0.238.